The van der Waals surface area contributed by atoms with Crippen LogP contribution in [0.15, 0.2) is 0 Å². The van der Waals surface area contributed by atoms with Crippen LogP contribution in [-0.2, 0) is 4.74 Å². The van der Waals surface area contributed by atoms with E-state index in [9.17, 15) is 5.11 Å². The van der Waals surface area contributed by atoms with Crippen molar-refractivity contribution in [3.63, 3.8) is 0 Å². The van der Waals surface area contributed by atoms with Gasteiger partial charge < -0.3 is 9.84 Å². The molecule has 0 radical (unpaired) electrons. The molecule has 0 bridgehead atoms. The van der Waals surface area contributed by atoms with Crippen LogP contribution in [0.4, 0.5) is 0 Å². The van der Waals surface area contributed by atoms with Gasteiger partial charge in [0.25, 0.3) is 0 Å². The third-order valence-electron chi connectivity index (χ3n) is 3.83. The molecule has 2 rings (SSSR count). The molecule has 2 heteroatoms. The lowest BCUT2D eigenvalue weighted by molar-refractivity contribution is -0.0959. The molecule has 0 spiro atoms. The van der Waals surface area contributed by atoms with Crippen LogP contribution in [0.2, 0.25) is 0 Å². The average Bonchev–Trinajstić information content (AvgIpc) is 2.98. The van der Waals surface area contributed by atoms with Crippen LogP contribution in [-0.4, -0.2) is 23.4 Å². The fourth-order valence-electron chi connectivity index (χ4n) is 2.81. The molecule has 15 heavy (non-hydrogen) atoms. The number of hydrogen-bond acceptors (Lipinski definition) is 2. The Labute approximate surface area is 93.0 Å². The summed E-state index contributed by atoms with van der Waals surface area (Å²) in [5, 5.41) is 10.4. The van der Waals surface area contributed by atoms with Gasteiger partial charge in [0.15, 0.2) is 0 Å². The minimum absolute atomic E-state index is 0.232. The molecule has 0 aromatic rings. The first-order valence-electron chi connectivity index (χ1n) is 6.43. The average molecular weight is 212 g/mol. The number of ether oxygens (including phenoxy) is 1. The molecule has 0 aromatic carbocycles. The van der Waals surface area contributed by atoms with Crippen molar-refractivity contribution in [2.75, 3.05) is 6.61 Å². The summed E-state index contributed by atoms with van der Waals surface area (Å²) in [6, 6.07) is 0. The van der Waals surface area contributed by atoms with Crippen molar-refractivity contribution in [2.45, 2.75) is 64.1 Å². The van der Waals surface area contributed by atoms with Gasteiger partial charge in [0.2, 0.25) is 0 Å². The zero-order chi connectivity index (χ0) is 10.9. The molecule has 0 heterocycles. The van der Waals surface area contributed by atoms with E-state index >= 15 is 0 Å². The van der Waals surface area contributed by atoms with Gasteiger partial charge in [-0.2, -0.15) is 0 Å². The molecule has 88 valence electrons. The fourth-order valence-corrected chi connectivity index (χ4v) is 2.81. The van der Waals surface area contributed by atoms with E-state index in [4.69, 9.17) is 4.74 Å². The topological polar surface area (TPSA) is 29.5 Å². The van der Waals surface area contributed by atoms with Crippen LogP contribution >= 0.6 is 0 Å². The summed E-state index contributed by atoms with van der Waals surface area (Å²) in [4.78, 5) is 0. The maximum Gasteiger partial charge on any atom is 0.0883 e. The molecule has 2 saturated carbocycles. The van der Waals surface area contributed by atoms with Gasteiger partial charge in [-0.15, -0.1) is 0 Å². The minimum atomic E-state index is -0.518. The Morgan fingerprint density at radius 3 is 2.60 bits per heavy atom. The normalized spacial score (nSPS) is 37.2. The van der Waals surface area contributed by atoms with E-state index in [0.717, 1.165) is 24.7 Å². The van der Waals surface area contributed by atoms with Gasteiger partial charge in [0.1, 0.15) is 0 Å². The second-order valence-corrected chi connectivity index (χ2v) is 5.78. The van der Waals surface area contributed by atoms with E-state index in [1.54, 1.807) is 0 Å². The monoisotopic (exact) mass is 212 g/mol. The van der Waals surface area contributed by atoms with Crippen molar-refractivity contribution in [2.24, 2.45) is 11.8 Å². The molecule has 1 N–H and O–H groups in total. The van der Waals surface area contributed by atoms with E-state index in [0.29, 0.717) is 6.61 Å². The lowest BCUT2D eigenvalue weighted by Crippen LogP contribution is -2.41. The van der Waals surface area contributed by atoms with Crippen LogP contribution in [0.25, 0.3) is 0 Å². The lowest BCUT2D eigenvalue weighted by atomic mass is 9.76. The van der Waals surface area contributed by atoms with Crippen LogP contribution in [0.3, 0.4) is 0 Å². The second-order valence-electron chi connectivity index (χ2n) is 5.78. The van der Waals surface area contributed by atoms with Gasteiger partial charge in [0.05, 0.1) is 18.3 Å². The second kappa shape index (κ2) is 4.42. The third kappa shape index (κ3) is 3.18. The van der Waals surface area contributed by atoms with Crippen molar-refractivity contribution in [1.82, 2.24) is 0 Å². The predicted octanol–water partition coefficient (Wildman–Crippen LogP) is 2.74. The van der Waals surface area contributed by atoms with Gasteiger partial charge in [-0.1, -0.05) is 6.42 Å². The molecule has 2 nitrogen and oxygen atoms in total. The minimum Gasteiger partial charge on any atom is -0.387 e. The highest BCUT2D eigenvalue weighted by Gasteiger charge is 2.41. The Hall–Kier alpha value is -0.0800. The molecule has 2 atom stereocenters. The summed E-state index contributed by atoms with van der Waals surface area (Å²) in [7, 11) is 0. The van der Waals surface area contributed by atoms with E-state index in [2.05, 4.69) is 0 Å². The van der Waals surface area contributed by atoms with E-state index in [1.807, 2.05) is 13.8 Å². The van der Waals surface area contributed by atoms with Crippen molar-refractivity contribution >= 4 is 0 Å². The molecule has 2 unspecified atom stereocenters. The van der Waals surface area contributed by atoms with Crippen LogP contribution in [0.1, 0.15) is 52.4 Å². The summed E-state index contributed by atoms with van der Waals surface area (Å²) in [5.41, 5.74) is -0.518. The van der Waals surface area contributed by atoms with Crippen LogP contribution in [0.5, 0.6) is 0 Å². The Kier molecular flexibility index (Phi) is 3.36. The molecule has 0 saturated heterocycles. The van der Waals surface area contributed by atoms with Crippen molar-refractivity contribution in [3.8, 4) is 0 Å². The van der Waals surface area contributed by atoms with Gasteiger partial charge in [0, 0.05) is 0 Å². The Morgan fingerprint density at radius 2 is 2.00 bits per heavy atom. The SMILES string of the molecule is CC(C)OCC1(O)CCCC(C2CC2)C1. The fraction of sp³-hybridized carbons (Fsp3) is 1.00. The van der Waals surface area contributed by atoms with Gasteiger partial charge >= 0.3 is 0 Å². The number of aliphatic hydroxyl groups is 1. The molecule has 2 aliphatic carbocycles. The van der Waals surface area contributed by atoms with Crippen LogP contribution < -0.4 is 0 Å². The first-order valence-corrected chi connectivity index (χ1v) is 6.43. The first-order chi connectivity index (χ1) is 7.09. The largest absolute Gasteiger partial charge is 0.387 e. The summed E-state index contributed by atoms with van der Waals surface area (Å²) in [6.07, 6.45) is 7.44. The van der Waals surface area contributed by atoms with Crippen molar-refractivity contribution in [3.05, 3.63) is 0 Å². The molecule has 0 aromatic heterocycles. The highest BCUT2D eigenvalue weighted by atomic mass is 16.5. The zero-order valence-corrected chi connectivity index (χ0v) is 10.0. The number of rotatable bonds is 4. The predicted molar refractivity (Wildman–Crippen MR) is 60.7 cm³/mol. The van der Waals surface area contributed by atoms with Gasteiger partial charge in [-0.05, 0) is 57.8 Å². The summed E-state index contributed by atoms with van der Waals surface area (Å²) < 4.78 is 5.58. The Morgan fingerprint density at radius 1 is 1.27 bits per heavy atom. The van der Waals surface area contributed by atoms with Crippen molar-refractivity contribution < 1.29 is 9.84 Å². The quantitative estimate of drug-likeness (QED) is 0.776. The van der Waals surface area contributed by atoms with E-state index in [-0.39, 0.29) is 6.10 Å². The highest BCUT2D eigenvalue weighted by Crippen LogP contribution is 2.46. The molecule has 0 aliphatic heterocycles. The highest BCUT2D eigenvalue weighted by molar-refractivity contribution is 4.92. The summed E-state index contributed by atoms with van der Waals surface area (Å²) in [5.74, 6) is 1.70. The van der Waals surface area contributed by atoms with Crippen molar-refractivity contribution in [1.29, 1.82) is 0 Å². The maximum absolute atomic E-state index is 10.4. The molecular formula is C13H24O2. The van der Waals surface area contributed by atoms with Gasteiger partial charge in [-0.25, -0.2) is 0 Å². The molecule has 2 fully saturated rings. The Balaban J connectivity index is 1.83. The molecule has 2 aliphatic rings. The zero-order valence-electron chi connectivity index (χ0n) is 10.0. The van der Waals surface area contributed by atoms with Crippen LogP contribution in [0, 0.1) is 11.8 Å². The smallest absolute Gasteiger partial charge is 0.0883 e. The van der Waals surface area contributed by atoms with E-state index < -0.39 is 5.60 Å². The first kappa shape index (κ1) is 11.4. The molecular weight excluding hydrogens is 188 g/mol. The number of hydrogen-bond donors (Lipinski definition) is 1. The molecule has 0 amide bonds. The summed E-state index contributed by atoms with van der Waals surface area (Å²) in [6.45, 7) is 4.60. The van der Waals surface area contributed by atoms with E-state index in [1.165, 1.54) is 25.7 Å². The standard InChI is InChI=1S/C13H24O2/c1-10(2)15-9-13(14)7-3-4-12(8-13)11-5-6-11/h10-12,14H,3-9H2,1-2H3. The Bertz CT molecular complexity index is 211. The van der Waals surface area contributed by atoms with Gasteiger partial charge in [-0.3, -0.25) is 0 Å². The lowest BCUT2D eigenvalue weighted by Gasteiger charge is -2.37. The third-order valence-corrected chi connectivity index (χ3v) is 3.83. The maximum atomic E-state index is 10.4. The summed E-state index contributed by atoms with van der Waals surface area (Å²) >= 11 is 0.